The Balaban J connectivity index is 2.65. The number of likely N-dealkylation sites (N-methyl/N-ethyl adjacent to an activating group) is 1. The molecule has 5 nitrogen and oxygen atoms in total. The van der Waals surface area contributed by atoms with Gasteiger partial charge in [-0.3, -0.25) is 0 Å². The fraction of sp³-hybridized carbons (Fsp3) is 0.714. The SMILES string of the molecule is CC(C)NCc1cc(S(=O)(=O)N(C)CCOC(C)C)cs1. The van der Waals surface area contributed by atoms with Crippen molar-refractivity contribution >= 4 is 21.4 Å². The van der Waals surface area contributed by atoms with E-state index in [-0.39, 0.29) is 6.10 Å². The van der Waals surface area contributed by atoms with E-state index in [1.807, 2.05) is 13.8 Å². The van der Waals surface area contributed by atoms with Crippen molar-refractivity contribution in [3.63, 3.8) is 0 Å². The first-order chi connectivity index (χ1) is 9.73. The third-order valence-electron chi connectivity index (χ3n) is 2.88. The number of hydrogen-bond donors (Lipinski definition) is 1. The molecule has 0 saturated heterocycles. The Morgan fingerprint density at radius 2 is 2.00 bits per heavy atom. The molecule has 0 spiro atoms. The first-order valence-corrected chi connectivity index (χ1v) is 9.44. The van der Waals surface area contributed by atoms with Crippen LogP contribution < -0.4 is 5.32 Å². The van der Waals surface area contributed by atoms with Crippen LogP contribution in [0, 0.1) is 0 Å². The monoisotopic (exact) mass is 334 g/mol. The van der Waals surface area contributed by atoms with Gasteiger partial charge in [0.05, 0.1) is 17.6 Å². The van der Waals surface area contributed by atoms with Crippen LogP contribution in [0.5, 0.6) is 0 Å². The maximum Gasteiger partial charge on any atom is 0.243 e. The highest BCUT2D eigenvalue weighted by Gasteiger charge is 2.22. The molecule has 0 atom stereocenters. The third kappa shape index (κ3) is 6.04. The molecule has 0 bridgehead atoms. The molecule has 0 aliphatic rings. The van der Waals surface area contributed by atoms with E-state index in [9.17, 15) is 8.42 Å². The number of thiophene rings is 1. The predicted molar refractivity (Wildman–Crippen MR) is 87.2 cm³/mol. The summed E-state index contributed by atoms with van der Waals surface area (Å²) >= 11 is 1.46. The van der Waals surface area contributed by atoms with E-state index in [0.717, 1.165) is 4.88 Å². The standard InChI is InChI=1S/C14H26N2O3S2/c1-11(2)15-9-13-8-14(10-20-13)21(17,18)16(5)6-7-19-12(3)4/h8,10-12,15H,6-7,9H2,1-5H3. The van der Waals surface area contributed by atoms with Gasteiger partial charge in [-0.05, 0) is 19.9 Å². The number of ether oxygens (including phenoxy) is 1. The van der Waals surface area contributed by atoms with E-state index >= 15 is 0 Å². The fourth-order valence-corrected chi connectivity index (χ4v) is 3.98. The van der Waals surface area contributed by atoms with Crippen molar-refractivity contribution < 1.29 is 13.2 Å². The Hall–Kier alpha value is -0.470. The van der Waals surface area contributed by atoms with Gasteiger partial charge in [-0.25, -0.2) is 8.42 Å². The van der Waals surface area contributed by atoms with Gasteiger partial charge in [-0.2, -0.15) is 4.31 Å². The van der Waals surface area contributed by atoms with Crippen LogP contribution in [0.4, 0.5) is 0 Å². The van der Waals surface area contributed by atoms with Gasteiger partial charge < -0.3 is 10.1 Å². The molecule has 1 N–H and O–H groups in total. The average molecular weight is 335 g/mol. The minimum atomic E-state index is -3.42. The van der Waals surface area contributed by atoms with Gasteiger partial charge in [0, 0.05) is 36.4 Å². The number of rotatable bonds is 9. The van der Waals surface area contributed by atoms with Gasteiger partial charge in [0.1, 0.15) is 0 Å². The first-order valence-electron chi connectivity index (χ1n) is 7.12. The van der Waals surface area contributed by atoms with Crippen LogP contribution in [0.15, 0.2) is 16.3 Å². The second-order valence-corrected chi connectivity index (χ2v) is 8.57. The third-order valence-corrected chi connectivity index (χ3v) is 5.80. The Morgan fingerprint density at radius 1 is 1.33 bits per heavy atom. The molecule has 7 heteroatoms. The van der Waals surface area contributed by atoms with Gasteiger partial charge >= 0.3 is 0 Å². The lowest BCUT2D eigenvalue weighted by Crippen LogP contribution is -2.30. The van der Waals surface area contributed by atoms with Gasteiger partial charge in [0.25, 0.3) is 0 Å². The number of nitrogens with one attached hydrogen (secondary N) is 1. The predicted octanol–water partition coefficient (Wildman–Crippen LogP) is 2.29. The van der Waals surface area contributed by atoms with Crippen LogP contribution in [0.1, 0.15) is 32.6 Å². The highest BCUT2D eigenvalue weighted by atomic mass is 32.2. The Labute approximate surface area is 132 Å². The second-order valence-electron chi connectivity index (χ2n) is 5.53. The molecule has 0 aliphatic carbocycles. The molecule has 0 unspecified atom stereocenters. The molecule has 0 radical (unpaired) electrons. The van der Waals surface area contributed by atoms with E-state index in [1.54, 1.807) is 18.5 Å². The summed E-state index contributed by atoms with van der Waals surface area (Å²) in [5.41, 5.74) is 0. The number of hydrogen-bond acceptors (Lipinski definition) is 5. The second kappa shape index (κ2) is 8.24. The lowest BCUT2D eigenvalue weighted by atomic mass is 10.4. The van der Waals surface area contributed by atoms with Crippen LogP contribution in [0.2, 0.25) is 0 Å². The van der Waals surface area contributed by atoms with E-state index in [4.69, 9.17) is 4.74 Å². The zero-order chi connectivity index (χ0) is 16.0. The molecule has 0 aromatic carbocycles. The van der Waals surface area contributed by atoms with Crippen LogP contribution in [0.25, 0.3) is 0 Å². The highest BCUT2D eigenvalue weighted by molar-refractivity contribution is 7.89. The molecule has 21 heavy (non-hydrogen) atoms. The lowest BCUT2D eigenvalue weighted by molar-refractivity contribution is 0.0737. The zero-order valence-corrected chi connectivity index (χ0v) is 15.1. The first kappa shape index (κ1) is 18.6. The van der Waals surface area contributed by atoms with E-state index in [1.165, 1.54) is 15.6 Å². The van der Waals surface area contributed by atoms with E-state index < -0.39 is 10.0 Å². The fourth-order valence-electron chi connectivity index (χ4n) is 1.61. The molecular weight excluding hydrogens is 308 g/mol. The average Bonchev–Trinajstić information content (AvgIpc) is 2.85. The van der Waals surface area contributed by atoms with Crippen molar-refractivity contribution in [3.8, 4) is 0 Å². The Morgan fingerprint density at radius 3 is 2.57 bits per heavy atom. The minimum Gasteiger partial charge on any atom is -0.377 e. The van der Waals surface area contributed by atoms with Crippen molar-refractivity contribution in [2.24, 2.45) is 0 Å². The van der Waals surface area contributed by atoms with Crippen molar-refractivity contribution in [2.75, 3.05) is 20.2 Å². The summed E-state index contributed by atoms with van der Waals surface area (Å²) in [5, 5.41) is 4.99. The van der Waals surface area contributed by atoms with Crippen molar-refractivity contribution in [3.05, 3.63) is 16.3 Å². The maximum absolute atomic E-state index is 12.4. The highest BCUT2D eigenvalue weighted by Crippen LogP contribution is 2.22. The number of nitrogens with zero attached hydrogens (tertiary/aromatic N) is 1. The van der Waals surface area contributed by atoms with E-state index in [0.29, 0.717) is 30.6 Å². The molecule has 122 valence electrons. The van der Waals surface area contributed by atoms with Crippen molar-refractivity contribution in [1.29, 1.82) is 0 Å². The minimum absolute atomic E-state index is 0.107. The maximum atomic E-state index is 12.4. The summed E-state index contributed by atoms with van der Waals surface area (Å²) in [6.45, 7) is 9.44. The summed E-state index contributed by atoms with van der Waals surface area (Å²) in [4.78, 5) is 1.38. The topological polar surface area (TPSA) is 58.6 Å². The quantitative estimate of drug-likeness (QED) is 0.753. The largest absolute Gasteiger partial charge is 0.377 e. The number of sulfonamides is 1. The van der Waals surface area contributed by atoms with Crippen LogP contribution in [0.3, 0.4) is 0 Å². The summed E-state index contributed by atoms with van der Waals surface area (Å²) in [6, 6.07) is 2.12. The van der Waals surface area contributed by atoms with Gasteiger partial charge in [0.2, 0.25) is 10.0 Å². The molecule has 1 rings (SSSR count). The Kier molecular flexibility index (Phi) is 7.29. The van der Waals surface area contributed by atoms with Crippen LogP contribution >= 0.6 is 11.3 Å². The van der Waals surface area contributed by atoms with E-state index in [2.05, 4.69) is 19.2 Å². The Bertz CT molecular complexity index is 524. The summed E-state index contributed by atoms with van der Waals surface area (Å²) in [7, 11) is -1.83. The molecule has 1 heterocycles. The smallest absolute Gasteiger partial charge is 0.243 e. The van der Waals surface area contributed by atoms with Gasteiger partial charge in [0.15, 0.2) is 0 Å². The summed E-state index contributed by atoms with van der Waals surface area (Å²) in [5.74, 6) is 0. The zero-order valence-electron chi connectivity index (χ0n) is 13.4. The van der Waals surface area contributed by atoms with Crippen LogP contribution in [-0.2, 0) is 21.3 Å². The molecule has 1 aromatic rings. The summed E-state index contributed by atoms with van der Waals surface area (Å²) < 4.78 is 31.6. The summed E-state index contributed by atoms with van der Waals surface area (Å²) in [6.07, 6.45) is 0.107. The van der Waals surface area contributed by atoms with Crippen molar-refractivity contribution in [1.82, 2.24) is 9.62 Å². The molecule has 1 aromatic heterocycles. The van der Waals surface area contributed by atoms with Crippen molar-refractivity contribution in [2.45, 2.75) is 51.3 Å². The van der Waals surface area contributed by atoms with Crippen LogP contribution in [-0.4, -0.2) is 45.1 Å². The molecule has 0 saturated carbocycles. The lowest BCUT2D eigenvalue weighted by Gasteiger charge is -2.17. The normalized spacial score (nSPS) is 12.8. The molecule has 0 aliphatic heterocycles. The molecule has 0 fully saturated rings. The molecular formula is C14H26N2O3S2. The van der Waals surface area contributed by atoms with Gasteiger partial charge in [-0.15, -0.1) is 11.3 Å². The van der Waals surface area contributed by atoms with Gasteiger partial charge in [-0.1, -0.05) is 13.8 Å². The molecule has 0 amide bonds.